The van der Waals surface area contributed by atoms with Gasteiger partial charge in [-0.3, -0.25) is 0 Å². The first-order chi connectivity index (χ1) is 7.26. The largest absolute Gasteiger partial charge is 0.496 e. The number of aryl methyl sites for hydroxylation is 1. The van der Waals surface area contributed by atoms with E-state index in [9.17, 15) is 0 Å². The molecule has 0 spiro atoms. The Bertz CT molecular complexity index is 360. The van der Waals surface area contributed by atoms with E-state index < -0.39 is 0 Å². The molecule has 0 aromatic heterocycles. The van der Waals surface area contributed by atoms with Crippen LogP contribution in [-0.4, -0.2) is 13.7 Å². The smallest absolute Gasteiger partial charge is 0.122 e. The van der Waals surface area contributed by atoms with Gasteiger partial charge in [0.1, 0.15) is 5.75 Å². The zero-order valence-corrected chi connectivity index (χ0v) is 9.55. The highest BCUT2D eigenvalue weighted by Crippen LogP contribution is 2.41. The van der Waals surface area contributed by atoms with Crippen LogP contribution in [0.25, 0.3) is 0 Å². The quantitative estimate of drug-likeness (QED) is 0.819. The Hall–Kier alpha value is -1.02. The third-order valence-corrected chi connectivity index (χ3v) is 3.32. The summed E-state index contributed by atoms with van der Waals surface area (Å²) < 4.78 is 5.31. The van der Waals surface area contributed by atoms with Crippen LogP contribution >= 0.6 is 0 Å². The Balaban J connectivity index is 2.14. The average Bonchev–Trinajstić information content (AvgIpc) is 2.23. The van der Waals surface area contributed by atoms with Crippen LogP contribution in [0.1, 0.15) is 35.4 Å². The van der Waals surface area contributed by atoms with Crippen molar-refractivity contribution in [3.63, 3.8) is 0 Å². The molecule has 0 amide bonds. The molecule has 2 rings (SSSR count). The van der Waals surface area contributed by atoms with Gasteiger partial charge in [0.05, 0.1) is 7.11 Å². The highest BCUT2D eigenvalue weighted by Gasteiger charge is 2.26. The Kier molecular flexibility index (Phi) is 2.96. The fourth-order valence-electron chi connectivity index (χ4n) is 2.40. The van der Waals surface area contributed by atoms with Crippen LogP contribution in [0.5, 0.6) is 5.75 Å². The zero-order chi connectivity index (χ0) is 10.8. The number of ether oxygens (including phenoxy) is 1. The summed E-state index contributed by atoms with van der Waals surface area (Å²) in [6, 6.07) is 4.46. The van der Waals surface area contributed by atoms with Crippen molar-refractivity contribution in [3.05, 3.63) is 28.8 Å². The molecule has 0 heterocycles. The maximum atomic E-state index is 5.53. The number of hydrogen-bond donors (Lipinski definition) is 1. The van der Waals surface area contributed by atoms with Crippen LogP contribution in [0, 0.1) is 6.92 Å². The Morgan fingerprint density at radius 3 is 2.93 bits per heavy atom. The van der Waals surface area contributed by atoms with Gasteiger partial charge in [-0.1, -0.05) is 6.07 Å². The number of methoxy groups -OCH3 is 1. The first kappa shape index (κ1) is 10.5. The van der Waals surface area contributed by atoms with Crippen molar-refractivity contribution in [2.24, 2.45) is 5.73 Å². The summed E-state index contributed by atoms with van der Waals surface area (Å²) in [5.41, 5.74) is 9.75. The van der Waals surface area contributed by atoms with E-state index in [1.807, 2.05) is 0 Å². The Morgan fingerprint density at radius 1 is 1.47 bits per heavy atom. The second-order valence-corrected chi connectivity index (χ2v) is 4.35. The fraction of sp³-hybridized carbons (Fsp3) is 0.538. The molecule has 1 aromatic carbocycles. The molecular formula is C13H19NO. The molecule has 15 heavy (non-hydrogen) atoms. The highest BCUT2D eigenvalue weighted by molar-refractivity contribution is 5.49. The minimum atomic E-state index is 0.744. The molecule has 0 saturated carbocycles. The van der Waals surface area contributed by atoms with Crippen molar-refractivity contribution in [1.29, 1.82) is 0 Å². The van der Waals surface area contributed by atoms with E-state index in [1.54, 1.807) is 7.11 Å². The molecule has 0 radical (unpaired) electrons. The lowest BCUT2D eigenvalue weighted by Crippen LogP contribution is -2.18. The van der Waals surface area contributed by atoms with Gasteiger partial charge in [-0.2, -0.15) is 0 Å². The fourth-order valence-corrected chi connectivity index (χ4v) is 2.40. The predicted molar refractivity (Wildman–Crippen MR) is 62.5 cm³/mol. The van der Waals surface area contributed by atoms with E-state index in [1.165, 1.54) is 29.5 Å². The third kappa shape index (κ3) is 1.86. The van der Waals surface area contributed by atoms with Crippen LogP contribution in [0.4, 0.5) is 0 Å². The summed E-state index contributed by atoms with van der Waals surface area (Å²) in [5.74, 6) is 1.76. The van der Waals surface area contributed by atoms with E-state index in [0.29, 0.717) is 0 Å². The number of fused-ring (bicyclic) bond motifs is 1. The number of rotatable bonds is 4. The summed E-state index contributed by atoms with van der Waals surface area (Å²) in [5, 5.41) is 0. The Morgan fingerprint density at radius 2 is 2.27 bits per heavy atom. The lowest BCUT2D eigenvalue weighted by Gasteiger charge is -2.31. The van der Waals surface area contributed by atoms with Gasteiger partial charge < -0.3 is 10.5 Å². The molecule has 2 N–H and O–H groups in total. The normalized spacial score (nSPS) is 18.2. The van der Waals surface area contributed by atoms with Crippen molar-refractivity contribution in [3.8, 4) is 5.75 Å². The van der Waals surface area contributed by atoms with Crippen LogP contribution in [0.3, 0.4) is 0 Å². The van der Waals surface area contributed by atoms with E-state index in [-0.39, 0.29) is 0 Å². The lowest BCUT2D eigenvalue weighted by atomic mass is 9.74. The molecule has 1 unspecified atom stereocenters. The van der Waals surface area contributed by atoms with Crippen LogP contribution in [-0.2, 0) is 6.42 Å². The van der Waals surface area contributed by atoms with Gasteiger partial charge in [0, 0.05) is 0 Å². The first-order valence-electron chi connectivity index (χ1n) is 5.63. The average molecular weight is 205 g/mol. The van der Waals surface area contributed by atoms with Gasteiger partial charge in [-0.05, 0) is 61.4 Å². The Labute approximate surface area is 91.4 Å². The third-order valence-electron chi connectivity index (χ3n) is 3.32. The molecule has 1 aliphatic rings. The summed E-state index contributed by atoms with van der Waals surface area (Å²) in [6.07, 6.45) is 3.57. The highest BCUT2D eigenvalue weighted by atomic mass is 16.5. The summed E-state index contributed by atoms with van der Waals surface area (Å²) in [6.45, 7) is 2.92. The number of hydrogen-bond acceptors (Lipinski definition) is 2. The number of benzene rings is 1. The van der Waals surface area contributed by atoms with E-state index >= 15 is 0 Å². The second kappa shape index (κ2) is 4.23. The molecular weight excluding hydrogens is 186 g/mol. The van der Waals surface area contributed by atoms with Gasteiger partial charge in [0.25, 0.3) is 0 Å². The predicted octanol–water partition coefficient (Wildman–Crippen LogP) is 2.38. The molecule has 0 bridgehead atoms. The first-order valence-corrected chi connectivity index (χ1v) is 5.63. The van der Waals surface area contributed by atoms with Crippen molar-refractivity contribution in [2.75, 3.05) is 13.7 Å². The SMILES string of the molecule is COc1cc2c(cc1C)C(CCCN)C2. The molecule has 1 aliphatic carbocycles. The van der Waals surface area contributed by atoms with Crippen molar-refractivity contribution < 1.29 is 4.74 Å². The molecule has 0 saturated heterocycles. The maximum Gasteiger partial charge on any atom is 0.122 e. The summed E-state index contributed by atoms with van der Waals surface area (Å²) in [4.78, 5) is 0. The van der Waals surface area contributed by atoms with E-state index in [2.05, 4.69) is 19.1 Å². The molecule has 2 heteroatoms. The van der Waals surface area contributed by atoms with Crippen molar-refractivity contribution in [2.45, 2.75) is 32.1 Å². The van der Waals surface area contributed by atoms with E-state index in [0.717, 1.165) is 24.6 Å². The zero-order valence-electron chi connectivity index (χ0n) is 9.55. The monoisotopic (exact) mass is 205 g/mol. The van der Waals surface area contributed by atoms with Gasteiger partial charge in [-0.25, -0.2) is 0 Å². The van der Waals surface area contributed by atoms with Crippen LogP contribution in [0.15, 0.2) is 12.1 Å². The molecule has 2 nitrogen and oxygen atoms in total. The molecule has 1 aromatic rings. The molecule has 82 valence electrons. The molecule has 0 fully saturated rings. The molecule has 0 aliphatic heterocycles. The van der Waals surface area contributed by atoms with Gasteiger partial charge >= 0.3 is 0 Å². The van der Waals surface area contributed by atoms with E-state index in [4.69, 9.17) is 10.5 Å². The van der Waals surface area contributed by atoms with Gasteiger partial charge in [0.15, 0.2) is 0 Å². The topological polar surface area (TPSA) is 35.2 Å². The summed E-state index contributed by atoms with van der Waals surface area (Å²) >= 11 is 0. The molecule has 1 atom stereocenters. The number of nitrogens with two attached hydrogens (primary N) is 1. The van der Waals surface area contributed by atoms with Crippen molar-refractivity contribution >= 4 is 0 Å². The minimum Gasteiger partial charge on any atom is -0.496 e. The minimum absolute atomic E-state index is 0.744. The lowest BCUT2D eigenvalue weighted by molar-refractivity contribution is 0.408. The summed E-state index contributed by atoms with van der Waals surface area (Å²) in [7, 11) is 1.74. The standard InChI is InChI=1S/C13H19NO/c1-9-6-12-10(4-3-5-14)7-11(12)8-13(9)15-2/h6,8,10H,3-5,7,14H2,1-2H3. The van der Waals surface area contributed by atoms with Gasteiger partial charge in [-0.15, -0.1) is 0 Å². The maximum absolute atomic E-state index is 5.53. The van der Waals surface area contributed by atoms with Crippen LogP contribution < -0.4 is 10.5 Å². The second-order valence-electron chi connectivity index (χ2n) is 4.35. The van der Waals surface area contributed by atoms with Crippen molar-refractivity contribution in [1.82, 2.24) is 0 Å². The van der Waals surface area contributed by atoms with Gasteiger partial charge in [0.2, 0.25) is 0 Å². The van der Waals surface area contributed by atoms with Crippen LogP contribution in [0.2, 0.25) is 0 Å².